The van der Waals surface area contributed by atoms with Gasteiger partial charge >= 0.3 is 0 Å². The molecule has 1 fully saturated rings. The van der Waals surface area contributed by atoms with Gasteiger partial charge in [-0.15, -0.1) is 0 Å². The van der Waals surface area contributed by atoms with Crippen molar-refractivity contribution >= 4 is 23.6 Å². The minimum atomic E-state index is -0.0460. The lowest BCUT2D eigenvalue weighted by Crippen LogP contribution is -2.35. The van der Waals surface area contributed by atoms with E-state index in [0.717, 1.165) is 26.1 Å². The summed E-state index contributed by atoms with van der Waals surface area (Å²) in [6.45, 7) is 5.82. The van der Waals surface area contributed by atoms with Crippen molar-refractivity contribution in [3.8, 4) is 11.3 Å². The Morgan fingerprint density at radius 3 is 2.65 bits per heavy atom. The molecule has 1 saturated heterocycles. The lowest BCUT2D eigenvalue weighted by Gasteiger charge is -2.21. The van der Waals surface area contributed by atoms with Crippen LogP contribution in [0.4, 0.5) is 0 Å². The molecule has 0 radical (unpaired) electrons. The van der Waals surface area contributed by atoms with Gasteiger partial charge < -0.3 is 9.42 Å². The fourth-order valence-corrected chi connectivity index (χ4v) is 4.10. The Morgan fingerprint density at radius 2 is 1.84 bits per heavy atom. The first-order valence-electron chi connectivity index (χ1n) is 10.6. The number of aryl methyl sites for hydroxylation is 1. The predicted molar refractivity (Wildman–Crippen MR) is 124 cm³/mol. The lowest BCUT2D eigenvalue weighted by molar-refractivity contribution is 0.0761. The Morgan fingerprint density at radius 1 is 1.06 bits per heavy atom. The van der Waals surface area contributed by atoms with E-state index < -0.39 is 0 Å². The monoisotopic (exact) mass is 435 g/mol. The Bertz CT molecular complexity index is 1060. The summed E-state index contributed by atoms with van der Waals surface area (Å²) in [4.78, 5) is 17.7. The first-order chi connectivity index (χ1) is 15.1. The summed E-state index contributed by atoms with van der Waals surface area (Å²) in [5.74, 6) is 0.474. The van der Waals surface area contributed by atoms with Crippen molar-refractivity contribution in [3.63, 3.8) is 0 Å². The first kappa shape index (κ1) is 21.3. The molecule has 3 aromatic rings. The molecule has 0 spiro atoms. The van der Waals surface area contributed by atoms with Gasteiger partial charge in [0.2, 0.25) is 0 Å². The second-order valence-electron chi connectivity index (χ2n) is 7.70. The van der Waals surface area contributed by atoms with Gasteiger partial charge in [0.15, 0.2) is 0 Å². The van der Waals surface area contributed by atoms with Crippen molar-refractivity contribution in [2.75, 3.05) is 32.7 Å². The minimum absolute atomic E-state index is 0.0460. The number of amides is 1. The van der Waals surface area contributed by atoms with E-state index in [1.54, 1.807) is 13.0 Å². The van der Waals surface area contributed by atoms with Crippen LogP contribution in [0.25, 0.3) is 17.3 Å². The van der Waals surface area contributed by atoms with Crippen LogP contribution >= 0.6 is 11.6 Å². The molecular formula is C25H26ClN3O2. The van der Waals surface area contributed by atoms with Gasteiger partial charge in [-0.2, -0.15) is 0 Å². The van der Waals surface area contributed by atoms with Gasteiger partial charge in [-0.1, -0.05) is 77.4 Å². The molecule has 160 valence electrons. The van der Waals surface area contributed by atoms with Crippen LogP contribution in [-0.2, 0) is 0 Å². The highest BCUT2D eigenvalue weighted by atomic mass is 35.5. The zero-order valence-corrected chi connectivity index (χ0v) is 18.4. The maximum Gasteiger partial charge on any atom is 0.259 e. The Labute approximate surface area is 187 Å². The molecule has 5 nitrogen and oxygen atoms in total. The number of halogens is 1. The molecule has 2 heterocycles. The maximum absolute atomic E-state index is 13.4. The van der Waals surface area contributed by atoms with E-state index in [4.69, 9.17) is 16.1 Å². The van der Waals surface area contributed by atoms with Crippen molar-refractivity contribution in [1.29, 1.82) is 0 Å². The van der Waals surface area contributed by atoms with Crippen LogP contribution in [0.15, 0.2) is 65.2 Å². The average Bonchev–Trinajstić information content (AvgIpc) is 3.01. The highest BCUT2D eigenvalue weighted by Gasteiger charge is 2.28. The number of benzene rings is 2. The van der Waals surface area contributed by atoms with Crippen molar-refractivity contribution in [1.82, 2.24) is 15.0 Å². The zero-order chi connectivity index (χ0) is 21.6. The Balaban J connectivity index is 1.43. The molecule has 1 aromatic heterocycles. The summed E-state index contributed by atoms with van der Waals surface area (Å²) in [6.07, 6.45) is 5.26. The molecule has 2 aromatic carbocycles. The SMILES string of the molecule is Cc1onc(-c2ccccc2Cl)c1C(=O)N1CCCN(CC=Cc2ccccc2)CC1. The van der Waals surface area contributed by atoms with E-state index in [-0.39, 0.29) is 5.91 Å². The van der Waals surface area contributed by atoms with Crippen LogP contribution in [0.1, 0.15) is 28.1 Å². The minimum Gasteiger partial charge on any atom is -0.360 e. The van der Waals surface area contributed by atoms with Crippen molar-refractivity contribution < 1.29 is 9.32 Å². The van der Waals surface area contributed by atoms with Crippen LogP contribution in [0.5, 0.6) is 0 Å². The normalized spacial score (nSPS) is 15.4. The molecule has 0 unspecified atom stereocenters. The van der Waals surface area contributed by atoms with E-state index in [0.29, 0.717) is 40.7 Å². The summed E-state index contributed by atoms with van der Waals surface area (Å²) in [6, 6.07) is 17.7. The molecule has 1 amide bonds. The topological polar surface area (TPSA) is 49.6 Å². The number of hydrogen-bond acceptors (Lipinski definition) is 4. The van der Waals surface area contributed by atoms with Gasteiger partial charge in [-0.3, -0.25) is 9.69 Å². The predicted octanol–water partition coefficient (Wildman–Crippen LogP) is 5.16. The third kappa shape index (κ3) is 5.06. The highest BCUT2D eigenvalue weighted by Crippen LogP contribution is 2.31. The van der Waals surface area contributed by atoms with Gasteiger partial charge in [0, 0.05) is 38.3 Å². The second kappa shape index (κ2) is 9.94. The summed E-state index contributed by atoms with van der Waals surface area (Å²) in [5.41, 5.74) is 2.93. The fraction of sp³-hybridized carbons (Fsp3) is 0.280. The largest absolute Gasteiger partial charge is 0.360 e. The molecule has 0 N–H and O–H groups in total. The number of aromatic nitrogens is 1. The molecule has 4 rings (SSSR count). The molecule has 1 aliphatic heterocycles. The van der Waals surface area contributed by atoms with Crippen LogP contribution in [0.2, 0.25) is 5.02 Å². The van der Waals surface area contributed by atoms with Crippen LogP contribution < -0.4 is 0 Å². The van der Waals surface area contributed by atoms with E-state index in [1.165, 1.54) is 5.56 Å². The number of hydrogen-bond donors (Lipinski definition) is 0. The van der Waals surface area contributed by atoms with Crippen molar-refractivity contribution in [3.05, 3.63) is 82.6 Å². The molecule has 0 bridgehead atoms. The van der Waals surface area contributed by atoms with Gasteiger partial charge in [-0.05, 0) is 25.0 Å². The number of nitrogens with zero attached hydrogens (tertiary/aromatic N) is 3. The highest BCUT2D eigenvalue weighted by molar-refractivity contribution is 6.33. The smallest absolute Gasteiger partial charge is 0.259 e. The molecule has 0 saturated carbocycles. The summed E-state index contributed by atoms with van der Waals surface area (Å²) >= 11 is 6.35. The number of carbonyl (C=O) groups is 1. The summed E-state index contributed by atoms with van der Waals surface area (Å²) in [7, 11) is 0. The molecule has 6 heteroatoms. The summed E-state index contributed by atoms with van der Waals surface area (Å²) < 4.78 is 5.39. The van der Waals surface area contributed by atoms with E-state index in [1.807, 2.05) is 41.3 Å². The first-order valence-corrected chi connectivity index (χ1v) is 11.0. The molecule has 31 heavy (non-hydrogen) atoms. The number of carbonyl (C=O) groups excluding carboxylic acids is 1. The summed E-state index contributed by atoms with van der Waals surface area (Å²) in [5, 5.41) is 4.70. The number of rotatable bonds is 5. The zero-order valence-electron chi connectivity index (χ0n) is 17.6. The van der Waals surface area contributed by atoms with E-state index in [9.17, 15) is 4.79 Å². The van der Waals surface area contributed by atoms with Gasteiger partial charge in [-0.25, -0.2) is 0 Å². The van der Waals surface area contributed by atoms with Crippen molar-refractivity contribution in [2.45, 2.75) is 13.3 Å². The molecule has 0 aliphatic carbocycles. The third-order valence-electron chi connectivity index (χ3n) is 5.55. The Kier molecular flexibility index (Phi) is 6.85. The third-order valence-corrected chi connectivity index (χ3v) is 5.88. The fourth-order valence-electron chi connectivity index (χ4n) is 3.88. The standard InChI is InChI=1S/C25H26ClN3O2/c1-19-23(24(27-31-19)21-12-5-6-13-22(21)26)25(30)29-16-8-15-28(17-18-29)14-7-11-20-9-3-2-4-10-20/h2-7,9-13H,8,14-18H2,1H3. The van der Waals surface area contributed by atoms with Gasteiger partial charge in [0.1, 0.15) is 17.0 Å². The van der Waals surface area contributed by atoms with Crippen LogP contribution in [0.3, 0.4) is 0 Å². The van der Waals surface area contributed by atoms with E-state index >= 15 is 0 Å². The van der Waals surface area contributed by atoms with Crippen molar-refractivity contribution in [2.24, 2.45) is 0 Å². The quantitative estimate of drug-likeness (QED) is 0.555. The van der Waals surface area contributed by atoms with Gasteiger partial charge in [0.25, 0.3) is 5.91 Å². The van der Waals surface area contributed by atoms with Crippen LogP contribution in [0, 0.1) is 6.92 Å². The van der Waals surface area contributed by atoms with Crippen LogP contribution in [-0.4, -0.2) is 53.6 Å². The lowest BCUT2D eigenvalue weighted by atomic mass is 10.0. The Hall–Kier alpha value is -2.89. The molecular weight excluding hydrogens is 410 g/mol. The maximum atomic E-state index is 13.4. The molecule has 0 atom stereocenters. The second-order valence-corrected chi connectivity index (χ2v) is 8.11. The molecule has 1 aliphatic rings. The van der Waals surface area contributed by atoms with Gasteiger partial charge in [0.05, 0.1) is 5.02 Å². The van der Waals surface area contributed by atoms with E-state index in [2.05, 4.69) is 34.3 Å². The average molecular weight is 436 g/mol.